The Kier molecular flexibility index (Phi) is 4.98. The SMILES string of the molecule is CS[C@@H](CO)[C@@H](C)Nc1ccc([N+](=O)[O-])c2cnccc12. The first kappa shape index (κ1) is 15.5. The fourth-order valence-electron chi connectivity index (χ4n) is 2.24. The summed E-state index contributed by atoms with van der Waals surface area (Å²) in [4.78, 5) is 14.6. The number of aliphatic hydroxyl groups is 1. The lowest BCUT2D eigenvalue weighted by molar-refractivity contribution is -0.383. The summed E-state index contributed by atoms with van der Waals surface area (Å²) in [7, 11) is 0. The molecule has 1 aromatic heterocycles. The Morgan fingerprint density at radius 3 is 2.81 bits per heavy atom. The summed E-state index contributed by atoms with van der Waals surface area (Å²) in [6.07, 6.45) is 5.05. The maximum Gasteiger partial charge on any atom is 0.278 e. The number of nitro benzene ring substituents is 1. The summed E-state index contributed by atoms with van der Waals surface area (Å²) in [5, 5.41) is 25.0. The molecular formula is C14H17N3O3S. The van der Waals surface area contributed by atoms with Crippen LogP contribution in [-0.4, -0.2) is 39.2 Å². The molecule has 2 aromatic rings. The van der Waals surface area contributed by atoms with E-state index in [1.165, 1.54) is 12.3 Å². The number of hydrogen-bond acceptors (Lipinski definition) is 6. The topological polar surface area (TPSA) is 88.3 Å². The van der Waals surface area contributed by atoms with Gasteiger partial charge in [-0.3, -0.25) is 15.1 Å². The molecule has 0 saturated carbocycles. The number of fused-ring (bicyclic) bond motifs is 1. The highest BCUT2D eigenvalue weighted by atomic mass is 32.2. The molecule has 2 rings (SSSR count). The highest BCUT2D eigenvalue weighted by Crippen LogP contribution is 2.31. The third-order valence-electron chi connectivity index (χ3n) is 3.42. The third-order valence-corrected chi connectivity index (χ3v) is 4.58. The van der Waals surface area contributed by atoms with Crippen LogP contribution in [0.3, 0.4) is 0 Å². The van der Waals surface area contributed by atoms with Crippen LogP contribution >= 0.6 is 11.8 Å². The van der Waals surface area contributed by atoms with Crippen LogP contribution in [0, 0.1) is 10.1 Å². The molecule has 21 heavy (non-hydrogen) atoms. The van der Waals surface area contributed by atoms with Crippen LogP contribution < -0.4 is 5.32 Å². The minimum absolute atomic E-state index is 0.0304. The van der Waals surface area contributed by atoms with Crippen molar-refractivity contribution in [3.8, 4) is 0 Å². The fourth-order valence-corrected chi connectivity index (χ4v) is 2.86. The molecule has 2 atom stereocenters. The minimum Gasteiger partial charge on any atom is -0.395 e. The monoisotopic (exact) mass is 307 g/mol. The quantitative estimate of drug-likeness (QED) is 0.630. The molecule has 0 aliphatic rings. The molecule has 0 radical (unpaired) electrons. The van der Waals surface area contributed by atoms with Gasteiger partial charge in [-0.2, -0.15) is 11.8 Å². The van der Waals surface area contributed by atoms with Crippen LogP contribution in [0.25, 0.3) is 10.8 Å². The molecule has 6 nitrogen and oxygen atoms in total. The number of nitro groups is 1. The number of anilines is 1. The van der Waals surface area contributed by atoms with Crippen LogP contribution in [0.15, 0.2) is 30.6 Å². The molecule has 0 aliphatic heterocycles. The van der Waals surface area contributed by atoms with E-state index >= 15 is 0 Å². The van der Waals surface area contributed by atoms with E-state index in [1.807, 2.05) is 13.2 Å². The Bertz CT molecular complexity index is 646. The summed E-state index contributed by atoms with van der Waals surface area (Å²) in [5.74, 6) is 0. The summed E-state index contributed by atoms with van der Waals surface area (Å²) in [6.45, 7) is 2.05. The van der Waals surface area contributed by atoms with Gasteiger partial charge < -0.3 is 10.4 Å². The summed E-state index contributed by atoms with van der Waals surface area (Å²) in [6, 6.07) is 4.96. The molecule has 112 valence electrons. The van der Waals surface area contributed by atoms with Gasteiger partial charge in [0.15, 0.2) is 0 Å². The van der Waals surface area contributed by atoms with E-state index in [2.05, 4.69) is 10.3 Å². The van der Waals surface area contributed by atoms with Gasteiger partial charge in [0.05, 0.1) is 16.9 Å². The Morgan fingerprint density at radius 2 is 2.19 bits per heavy atom. The largest absolute Gasteiger partial charge is 0.395 e. The third kappa shape index (κ3) is 3.25. The summed E-state index contributed by atoms with van der Waals surface area (Å²) < 4.78 is 0. The zero-order valence-corrected chi connectivity index (χ0v) is 12.6. The van der Waals surface area contributed by atoms with E-state index in [9.17, 15) is 15.2 Å². The number of pyridine rings is 1. The van der Waals surface area contributed by atoms with Gasteiger partial charge in [0.1, 0.15) is 0 Å². The maximum atomic E-state index is 11.1. The smallest absolute Gasteiger partial charge is 0.278 e. The van der Waals surface area contributed by atoms with Gasteiger partial charge in [-0.05, 0) is 25.3 Å². The van der Waals surface area contributed by atoms with Crippen molar-refractivity contribution in [2.75, 3.05) is 18.2 Å². The zero-order chi connectivity index (χ0) is 15.4. The van der Waals surface area contributed by atoms with Gasteiger partial charge in [0, 0.05) is 40.8 Å². The minimum atomic E-state index is -0.407. The number of non-ortho nitro benzene ring substituents is 1. The Hall–Kier alpha value is -1.86. The van der Waals surface area contributed by atoms with Crippen LogP contribution in [0.4, 0.5) is 11.4 Å². The average molecular weight is 307 g/mol. The molecule has 2 N–H and O–H groups in total. The van der Waals surface area contributed by atoms with Gasteiger partial charge in [0.25, 0.3) is 5.69 Å². The lowest BCUT2D eigenvalue weighted by Gasteiger charge is -2.23. The number of nitrogens with one attached hydrogen (secondary N) is 1. The molecule has 0 fully saturated rings. The highest BCUT2D eigenvalue weighted by molar-refractivity contribution is 7.99. The van der Waals surface area contributed by atoms with E-state index in [0.29, 0.717) is 5.39 Å². The second-order valence-corrected chi connectivity index (χ2v) is 5.78. The van der Waals surface area contributed by atoms with Crippen LogP contribution in [-0.2, 0) is 0 Å². The van der Waals surface area contributed by atoms with Crippen molar-refractivity contribution >= 4 is 33.9 Å². The number of rotatable bonds is 6. The van der Waals surface area contributed by atoms with Crippen LogP contribution in [0.1, 0.15) is 6.92 Å². The van der Waals surface area contributed by atoms with Gasteiger partial charge >= 0.3 is 0 Å². The maximum absolute atomic E-state index is 11.1. The molecule has 0 amide bonds. The Balaban J connectivity index is 2.42. The number of thioether (sulfide) groups is 1. The average Bonchev–Trinajstić information content (AvgIpc) is 2.48. The van der Waals surface area contributed by atoms with Crippen molar-refractivity contribution in [3.05, 3.63) is 40.7 Å². The molecular weight excluding hydrogens is 290 g/mol. The number of aliphatic hydroxyl groups excluding tert-OH is 1. The first-order valence-corrected chi connectivity index (χ1v) is 7.78. The van der Waals surface area contributed by atoms with Crippen molar-refractivity contribution in [1.82, 2.24) is 4.98 Å². The van der Waals surface area contributed by atoms with E-state index in [1.54, 1.807) is 30.1 Å². The molecule has 0 saturated heterocycles. The first-order chi connectivity index (χ1) is 10.1. The normalized spacial score (nSPS) is 13.9. The van der Waals surface area contributed by atoms with Gasteiger partial charge in [0.2, 0.25) is 0 Å². The second-order valence-electron chi connectivity index (χ2n) is 4.70. The standard InChI is InChI=1S/C14H17N3O3S/c1-9(14(8-18)21-2)16-12-3-4-13(17(19)20)11-7-15-6-5-10(11)12/h3-7,9,14,16,18H,8H2,1-2H3/t9-,14+/m1/s1. The van der Waals surface area contributed by atoms with Gasteiger partial charge in [-0.1, -0.05) is 0 Å². The van der Waals surface area contributed by atoms with Crippen molar-refractivity contribution in [1.29, 1.82) is 0 Å². The number of benzene rings is 1. The van der Waals surface area contributed by atoms with Crippen LogP contribution in [0.2, 0.25) is 0 Å². The second kappa shape index (κ2) is 6.73. The number of aromatic nitrogens is 1. The molecule has 0 aliphatic carbocycles. The lowest BCUT2D eigenvalue weighted by atomic mass is 10.1. The van der Waals surface area contributed by atoms with E-state index < -0.39 is 4.92 Å². The molecule has 0 spiro atoms. The Morgan fingerprint density at radius 1 is 1.43 bits per heavy atom. The Labute approximate surface area is 126 Å². The van der Waals surface area contributed by atoms with Crippen molar-refractivity contribution < 1.29 is 10.0 Å². The summed E-state index contributed by atoms with van der Waals surface area (Å²) in [5.41, 5.74) is 0.845. The molecule has 7 heteroatoms. The molecule has 1 heterocycles. The van der Waals surface area contributed by atoms with Crippen molar-refractivity contribution in [3.63, 3.8) is 0 Å². The van der Waals surface area contributed by atoms with Gasteiger partial charge in [-0.25, -0.2) is 0 Å². The van der Waals surface area contributed by atoms with E-state index in [-0.39, 0.29) is 23.6 Å². The van der Waals surface area contributed by atoms with Crippen molar-refractivity contribution in [2.45, 2.75) is 18.2 Å². The van der Waals surface area contributed by atoms with Crippen molar-refractivity contribution in [2.24, 2.45) is 0 Å². The highest BCUT2D eigenvalue weighted by Gasteiger charge is 2.18. The molecule has 0 bridgehead atoms. The van der Waals surface area contributed by atoms with Crippen LogP contribution in [0.5, 0.6) is 0 Å². The predicted octanol–water partition coefficient (Wildman–Crippen LogP) is 2.67. The first-order valence-electron chi connectivity index (χ1n) is 6.49. The molecule has 0 unspecified atom stereocenters. The zero-order valence-electron chi connectivity index (χ0n) is 11.8. The number of hydrogen-bond donors (Lipinski definition) is 2. The number of nitrogens with zero attached hydrogens (tertiary/aromatic N) is 2. The lowest BCUT2D eigenvalue weighted by Crippen LogP contribution is -2.31. The van der Waals surface area contributed by atoms with E-state index in [4.69, 9.17) is 0 Å². The summed E-state index contributed by atoms with van der Waals surface area (Å²) >= 11 is 1.58. The van der Waals surface area contributed by atoms with Gasteiger partial charge in [-0.15, -0.1) is 0 Å². The molecule has 1 aromatic carbocycles. The predicted molar refractivity (Wildman–Crippen MR) is 85.9 cm³/mol. The van der Waals surface area contributed by atoms with E-state index in [0.717, 1.165) is 11.1 Å². The fraction of sp³-hybridized carbons (Fsp3) is 0.357.